The average molecular weight is 260 g/mol. The van der Waals surface area contributed by atoms with Gasteiger partial charge in [0.25, 0.3) is 0 Å². The Balaban J connectivity index is 2.29. The van der Waals surface area contributed by atoms with Crippen LogP contribution in [0, 0.1) is 5.92 Å². The van der Waals surface area contributed by atoms with Crippen molar-refractivity contribution in [3.05, 3.63) is 35.9 Å². The van der Waals surface area contributed by atoms with Crippen molar-refractivity contribution >= 4 is 0 Å². The molecule has 1 aromatic rings. The Morgan fingerprint density at radius 2 is 1.47 bits per heavy atom. The summed E-state index contributed by atoms with van der Waals surface area (Å²) in [6.45, 7) is 7.04. The van der Waals surface area contributed by atoms with E-state index in [4.69, 9.17) is 0 Å². The van der Waals surface area contributed by atoms with Crippen LogP contribution in [0.3, 0.4) is 0 Å². The molecule has 0 nitrogen and oxygen atoms in total. The second-order valence-electron chi connectivity index (χ2n) is 5.92. The Labute approximate surface area is 120 Å². The molecule has 0 heterocycles. The van der Waals surface area contributed by atoms with Crippen molar-refractivity contribution in [2.45, 2.75) is 78.1 Å². The summed E-state index contributed by atoms with van der Waals surface area (Å²) >= 11 is 0. The fourth-order valence-electron chi connectivity index (χ4n) is 3.02. The topological polar surface area (TPSA) is 0 Å². The van der Waals surface area contributed by atoms with Crippen LogP contribution in [0.5, 0.6) is 0 Å². The van der Waals surface area contributed by atoms with Crippen molar-refractivity contribution in [2.24, 2.45) is 5.92 Å². The lowest BCUT2D eigenvalue weighted by atomic mass is 9.82. The molecule has 0 N–H and O–H groups in total. The van der Waals surface area contributed by atoms with Gasteiger partial charge in [0.1, 0.15) is 0 Å². The molecular weight excluding hydrogens is 228 g/mol. The van der Waals surface area contributed by atoms with Gasteiger partial charge in [-0.15, -0.1) is 0 Å². The highest BCUT2D eigenvalue weighted by molar-refractivity contribution is 5.19. The van der Waals surface area contributed by atoms with Crippen LogP contribution in [0.15, 0.2) is 30.3 Å². The maximum Gasteiger partial charge on any atom is -0.0162 e. The lowest BCUT2D eigenvalue weighted by Crippen LogP contribution is -2.09. The van der Waals surface area contributed by atoms with E-state index in [1.54, 1.807) is 0 Å². The number of hydrogen-bond donors (Lipinski definition) is 0. The second kappa shape index (κ2) is 10.1. The van der Waals surface area contributed by atoms with E-state index in [9.17, 15) is 0 Å². The third kappa shape index (κ3) is 6.27. The lowest BCUT2D eigenvalue weighted by molar-refractivity contribution is 0.382. The molecule has 108 valence electrons. The van der Waals surface area contributed by atoms with Gasteiger partial charge in [-0.25, -0.2) is 0 Å². The molecule has 19 heavy (non-hydrogen) atoms. The summed E-state index contributed by atoms with van der Waals surface area (Å²) in [7, 11) is 0. The van der Waals surface area contributed by atoms with Crippen LogP contribution in [0.25, 0.3) is 0 Å². The summed E-state index contributed by atoms with van der Waals surface area (Å²) in [4.78, 5) is 0. The maximum atomic E-state index is 2.40. The van der Waals surface area contributed by atoms with Crippen molar-refractivity contribution in [3.8, 4) is 0 Å². The molecule has 1 aromatic carbocycles. The maximum absolute atomic E-state index is 2.40. The van der Waals surface area contributed by atoms with Gasteiger partial charge < -0.3 is 0 Å². The quantitative estimate of drug-likeness (QED) is 0.417. The van der Waals surface area contributed by atoms with Gasteiger partial charge in [0.15, 0.2) is 0 Å². The minimum atomic E-state index is 0.710. The van der Waals surface area contributed by atoms with Crippen LogP contribution < -0.4 is 0 Å². The molecule has 0 aliphatic rings. The Bertz CT molecular complexity index is 301. The molecule has 0 aromatic heterocycles. The SMILES string of the molecule is CCCCCCCCC(CC)C(C)c1ccccc1. The normalized spacial score (nSPS) is 14.3. The zero-order valence-electron chi connectivity index (χ0n) is 13.2. The van der Waals surface area contributed by atoms with Crippen molar-refractivity contribution in [3.63, 3.8) is 0 Å². The molecule has 2 atom stereocenters. The van der Waals surface area contributed by atoms with Gasteiger partial charge in [0.2, 0.25) is 0 Å². The molecule has 0 spiro atoms. The first kappa shape index (κ1) is 16.3. The van der Waals surface area contributed by atoms with Gasteiger partial charge in [-0.3, -0.25) is 0 Å². The summed E-state index contributed by atoms with van der Waals surface area (Å²) < 4.78 is 0. The van der Waals surface area contributed by atoms with Gasteiger partial charge in [-0.2, -0.15) is 0 Å². The standard InChI is InChI=1S/C19H32/c1-4-6-7-8-9-11-14-18(5-2)17(3)19-15-12-10-13-16-19/h10,12-13,15-18H,4-9,11,14H2,1-3H3. The van der Waals surface area contributed by atoms with Crippen LogP contribution in [0.2, 0.25) is 0 Å². The molecule has 0 heteroatoms. The van der Waals surface area contributed by atoms with E-state index < -0.39 is 0 Å². The van der Waals surface area contributed by atoms with Crippen LogP contribution in [-0.2, 0) is 0 Å². The zero-order chi connectivity index (χ0) is 13.9. The lowest BCUT2D eigenvalue weighted by Gasteiger charge is -2.23. The Hall–Kier alpha value is -0.780. The number of rotatable bonds is 10. The molecule has 0 aliphatic heterocycles. The predicted octanol–water partition coefficient (Wildman–Crippen LogP) is 6.57. The van der Waals surface area contributed by atoms with E-state index in [1.165, 1.54) is 56.9 Å². The molecule has 0 saturated heterocycles. The Morgan fingerprint density at radius 1 is 0.842 bits per heavy atom. The van der Waals surface area contributed by atoms with Crippen molar-refractivity contribution in [2.75, 3.05) is 0 Å². The summed E-state index contributed by atoms with van der Waals surface area (Å²) in [5, 5.41) is 0. The van der Waals surface area contributed by atoms with E-state index in [0.29, 0.717) is 5.92 Å². The summed E-state index contributed by atoms with van der Waals surface area (Å²) in [6, 6.07) is 11.0. The Kier molecular flexibility index (Phi) is 8.62. The minimum Gasteiger partial charge on any atom is -0.0654 e. The molecule has 0 aliphatic carbocycles. The van der Waals surface area contributed by atoms with E-state index in [1.807, 2.05) is 0 Å². The van der Waals surface area contributed by atoms with E-state index >= 15 is 0 Å². The van der Waals surface area contributed by atoms with Gasteiger partial charge in [-0.1, -0.05) is 96.0 Å². The third-order valence-corrected chi connectivity index (χ3v) is 4.49. The van der Waals surface area contributed by atoms with Crippen LogP contribution in [-0.4, -0.2) is 0 Å². The van der Waals surface area contributed by atoms with Gasteiger partial charge >= 0.3 is 0 Å². The summed E-state index contributed by atoms with van der Waals surface area (Å²) in [6.07, 6.45) is 11.2. The summed E-state index contributed by atoms with van der Waals surface area (Å²) in [5.41, 5.74) is 1.51. The van der Waals surface area contributed by atoms with Crippen LogP contribution in [0.1, 0.15) is 83.6 Å². The zero-order valence-corrected chi connectivity index (χ0v) is 13.2. The molecular formula is C19H32. The monoisotopic (exact) mass is 260 g/mol. The average Bonchev–Trinajstić information content (AvgIpc) is 2.47. The van der Waals surface area contributed by atoms with E-state index in [2.05, 4.69) is 51.1 Å². The second-order valence-corrected chi connectivity index (χ2v) is 5.92. The highest BCUT2D eigenvalue weighted by Crippen LogP contribution is 2.30. The minimum absolute atomic E-state index is 0.710. The first-order valence-electron chi connectivity index (χ1n) is 8.34. The number of hydrogen-bond acceptors (Lipinski definition) is 0. The smallest absolute Gasteiger partial charge is 0.0162 e. The van der Waals surface area contributed by atoms with Crippen LogP contribution >= 0.6 is 0 Å². The van der Waals surface area contributed by atoms with Gasteiger partial charge in [-0.05, 0) is 23.8 Å². The molecule has 0 bridgehead atoms. The fraction of sp³-hybridized carbons (Fsp3) is 0.684. The molecule has 0 amide bonds. The van der Waals surface area contributed by atoms with Gasteiger partial charge in [0, 0.05) is 0 Å². The van der Waals surface area contributed by atoms with E-state index in [-0.39, 0.29) is 0 Å². The van der Waals surface area contributed by atoms with Gasteiger partial charge in [0.05, 0.1) is 0 Å². The molecule has 0 fully saturated rings. The Morgan fingerprint density at radius 3 is 2.11 bits per heavy atom. The first-order chi connectivity index (χ1) is 9.29. The number of benzene rings is 1. The first-order valence-corrected chi connectivity index (χ1v) is 8.34. The molecule has 0 radical (unpaired) electrons. The summed E-state index contributed by atoms with van der Waals surface area (Å²) in [5.74, 6) is 1.57. The highest BCUT2D eigenvalue weighted by Gasteiger charge is 2.16. The van der Waals surface area contributed by atoms with E-state index in [0.717, 1.165) is 5.92 Å². The largest absolute Gasteiger partial charge is 0.0654 e. The third-order valence-electron chi connectivity index (χ3n) is 4.49. The van der Waals surface area contributed by atoms with Crippen molar-refractivity contribution in [1.82, 2.24) is 0 Å². The number of unbranched alkanes of at least 4 members (excludes halogenated alkanes) is 5. The fourth-order valence-corrected chi connectivity index (χ4v) is 3.02. The van der Waals surface area contributed by atoms with Crippen molar-refractivity contribution < 1.29 is 0 Å². The highest BCUT2D eigenvalue weighted by atomic mass is 14.2. The van der Waals surface area contributed by atoms with Crippen LogP contribution in [0.4, 0.5) is 0 Å². The van der Waals surface area contributed by atoms with Crippen molar-refractivity contribution in [1.29, 1.82) is 0 Å². The molecule has 0 saturated carbocycles. The molecule has 2 unspecified atom stereocenters. The molecule has 1 rings (SSSR count). The predicted molar refractivity (Wildman–Crippen MR) is 86.6 cm³/mol.